The molecule has 0 spiro atoms. The number of rotatable bonds is 19. The van der Waals surface area contributed by atoms with Crippen molar-refractivity contribution in [2.45, 2.75) is 88.6 Å². The lowest BCUT2D eigenvalue weighted by Crippen LogP contribution is -2.49. The Morgan fingerprint density at radius 3 is 2.15 bits per heavy atom. The monoisotopic (exact) mass is 861 g/mol. The van der Waals surface area contributed by atoms with E-state index >= 15 is 0 Å². The predicted molar refractivity (Wildman–Crippen MR) is 220 cm³/mol. The number of methoxy groups -OCH3 is 1. The van der Waals surface area contributed by atoms with Crippen molar-refractivity contribution >= 4 is 56.1 Å². The second-order valence-corrected chi connectivity index (χ2v) is 28.5. The van der Waals surface area contributed by atoms with Gasteiger partial charge in [-0.25, -0.2) is 9.67 Å². The summed E-state index contributed by atoms with van der Waals surface area (Å²) in [5, 5.41) is 9.63. The molecule has 0 unspecified atom stereocenters. The van der Waals surface area contributed by atoms with Crippen LogP contribution in [0.1, 0.15) is 37.3 Å². The fraction of sp³-hybridized carbons (Fsp3) is 0.568. The Labute approximate surface area is 323 Å². The lowest BCUT2D eigenvalue weighted by Gasteiger charge is -2.38. The van der Waals surface area contributed by atoms with E-state index in [1.807, 2.05) is 58.1 Å². The first-order chi connectivity index (χ1) is 24.7. The normalized spacial score (nSPS) is 18.3. The van der Waals surface area contributed by atoms with Crippen molar-refractivity contribution in [2.24, 2.45) is 5.73 Å². The summed E-state index contributed by atoms with van der Waals surface area (Å²) in [6.45, 7) is 17.0. The topological polar surface area (TPSA) is 131 Å². The van der Waals surface area contributed by atoms with Gasteiger partial charge in [-0.15, -0.1) is 0 Å². The van der Waals surface area contributed by atoms with Gasteiger partial charge in [0.15, 0.2) is 11.5 Å². The third-order valence-electron chi connectivity index (χ3n) is 9.59. The molecule has 5 rings (SSSR count). The molecular weight excluding hydrogens is 806 g/mol. The SMILES string of the molecule is COCCOC1(C(N)=O)CCC(c2nc3c(-c4cnn(-c5ccccc5)c4)cnn3c(N(COCC[Si](C)(C)C)COCC[Si](C)(C)C)c2I)CC1. The summed E-state index contributed by atoms with van der Waals surface area (Å²) >= 11 is 2.42. The quantitative estimate of drug-likeness (QED) is 0.0452. The van der Waals surface area contributed by atoms with E-state index in [-0.39, 0.29) is 5.92 Å². The zero-order valence-corrected chi connectivity index (χ0v) is 36.0. The summed E-state index contributed by atoms with van der Waals surface area (Å²) < 4.78 is 28.8. The molecule has 3 aromatic heterocycles. The molecule has 284 valence electrons. The Balaban J connectivity index is 1.55. The first kappa shape index (κ1) is 40.5. The lowest BCUT2D eigenvalue weighted by molar-refractivity contribution is -0.151. The number of para-hydroxylation sites is 1. The van der Waals surface area contributed by atoms with Gasteiger partial charge in [0, 0.05) is 59.7 Å². The molecule has 1 aliphatic rings. The number of primary amides is 1. The van der Waals surface area contributed by atoms with Crippen LogP contribution in [0.15, 0.2) is 48.9 Å². The molecule has 1 aliphatic carbocycles. The maximum absolute atomic E-state index is 12.7. The van der Waals surface area contributed by atoms with Crippen LogP contribution in [0.25, 0.3) is 22.5 Å². The van der Waals surface area contributed by atoms with Crippen LogP contribution in [0.4, 0.5) is 5.82 Å². The Morgan fingerprint density at radius 1 is 0.942 bits per heavy atom. The van der Waals surface area contributed by atoms with Crippen molar-refractivity contribution in [1.29, 1.82) is 0 Å². The minimum atomic E-state index is -1.29. The highest BCUT2D eigenvalue weighted by Gasteiger charge is 2.43. The minimum Gasteiger partial charge on any atom is -0.382 e. The number of ether oxygens (including phenoxy) is 4. The van der Waals surface area contributed by atoms with E-state index in [9.17, 15) is 4.79 Å². The van der Waals surface area contributed by atoms with E-state index in [2.05, 4.69) is 71.9 Å². The molecule has 0 aliphatic heterocycles. The van der Waals surface area contributed by atoms with Gasteiger partial charge in [0.25, 0.3) is 0 Å². The first-order valence-corrected chi connectivity index (χ1v) is 26.7. The van der Waals surface area contributed by atoms with Crippen LogP contribution in [0.5, 0.6) is 0 Å². The third kappa shape index (κ3) is 10.3. The number of nitrogens with two attached hydrogens (primary N) is 1. The van der Waals surface area contributed by atoms with Gasteiger partial charge >= 0.3 is 0 Å². The second-order valence-electron chi connectivity index (χ2n) is 16.1. The average molecular weight is 862 g/mol. The number of anilines is 1. The van der Waals surface area contributed by atoms with Gasteiger partial charge in [-0.1, -0.05) is 57.5 Å². The molecule has 1 saturated carbocycles. The Hall–Kier alpha value is -2.68. The molecule has 52 heavy (non-hydrogen) atoms. The zero-order chi connectivity index (χ0) is 37.5. The Morgan fingerprint density at radius 2 is 1.58 bits per heavy atom. The molecule has 0 bridgehead atoms. The number of hydrogen-bond acceptors (Lipinski definition) is 9. The predicted octanol–water partition coefficient (Wildman–Crippen LogP) is 7.16. The molecule has 2 N–H and O–H groups in total. The number of fused-ring (bicyclic) bond motifs is 1. The number of aromatic nitrogens is 5. The molecule has 15 heteroatoms. The Bertz CT molecular complexity index is 1740. The summed E-state index contributed by atoms with van der Waals surface area (Å²) in [5.41, 5.74) is 9.40. The number of nitrogens with zero attached hydrogens (tertiary/aromatic N) is 6. The van der Waals surface area contributed by atoms with E-state index in [1.165, 1.54) is 0 Å². The van der Waals surface area contributed by atoms with Crippen molar-refractivity contribution in [1.82, 2.24) is 24.4 Å². The van der Waals surface area contributed by atoms with Crippen molar-refractivity contribution in [3.8, 4) is 16.8 Å². The van der Waals surface area contributed by atoms with E-state index < -0.39 is 27.7 Å². The van der Waals surface area contributed by atoms with Gasteiger partial charge in [0.05, 0.1) is 40.6 Å². The standard InChI is InChI=1S/C37H56IN7O5Si2/c1-47-17-18-50-37(36(39)46)15-13-28(14-16-37)33-32(38)35(43(26-48-19-21-51(2,3)4)27-49-20-22-52(5,6)7)45-34(42-33)31(24-41-45)29-23-40-44(25-29)30-11-9-8-10-12-30/h8-12,23-25,28H,13-22,26-27H2,1-7H3,(H2,39,46). The molecule has 4 aromatic rings. The second kappa shape index (κ2) is 17.6. The highest BCUT2D eigenvalue weighted by Crippen LogP contribution is 2.43. The fourth-order valence-electron chi connectivity index (χ4n) is 6.31. The van der Waals surface area contributed by atoms with Gasteiger partial charge < -0.3 is 29.6 Å². The van der Waals surface area contributed by atoms with Crippen LogP contribution >= 0.6 is 22.6 Å². The van der Waals surface area contributed by atoms with Gasteiger partial charge in [-0.05, 0) is 72.5 Å². The Kier molecular flexibility index (Phi) is 13.7. The molecule has 1 aromatic carbocycles. The summed E-state index contributed by atoms with van der Waals surface area (Å²) in [4.78, 5) is 20.3. The van der Waals surface area contributed by atoms with Crippen molar-refractivity contribution in [2.75, 3.05) is 51.9 Å². The molecular formula is C37H56IN7O5Si2. The van der Waals surface area contributed by atoms with Crippen molar-refractivity contribution in [3.63, 3.8) is 0 Å². The van der Waals surface area contributed by atoms with Crippen LogP contribution < -0.4 is 10.6 Å². The van der Waals surface area contributed by atoms with E-state index in [0.29, 0.717) is 65.6 Å². The number of carbonyl (C=O) groups excluding carboxylic acids is 1. The number of benzene rings is 1. The van der Waals surface area contributed by atoms with Gasteiger partial charge in [0.2, 0.25) is 5.91 Å². The van der Waals surface area contributed by atoms with Crippen LogP contribution in [0.2, 0.25) is 51.4 Å². The zero-order valence-electron chi connectivity index (χ0n) is 31.9. The smallest absolute Gasteiger partial charge is 0.249 e. The van der Waals surface area contributed by atoms with Gasteiger partial charge in [0.1, 0.15) is 19.1 Å². The molecule has 12 nitrogen and oxygen atoms in total. The largest absolute Gasteiger partial charge is 0.382 e. The number of amides is 1. The van der Waals surface area contributed by atoms with Crippen molar-refractivity contribution < 1.29 is 23.7 Å². The summed E-state index contributed by atoms with van der Waals surface area (Å²) in [7, 11) is -0.964. The summed E-state index contributed by atoms with van der Waals surface area (Å²) in [6, 6.07) is 12.2. The lowest BCUT2D eigenvalue weighted by atomic mass is 9.77. The van der Waals surface area contributed by atoms with E-state index in [0.717, 1.165) is 49.6 Å². The van der Waals surface area contributed by atoms with Crippen LogP contribution in [-0.2, 0) is 23.7 Å². The average Bonchev–Trinajstić information content (AvgIpc) is 3.75. The number of halogens is 1. The molecule has 0 atom stereocenters. The first-order valence-electron chi connectivity index (χ1n) is 18.2. The summed E-state index contributed by atoms with van der Waals surface area (Å²) in [6.07, 6.45) is 8.16. The van der Waals surface area contributed by atoms with Gasteiger partial charge in [-0.3, -0.25) is 4.79 Å². The van der Waals surface area contributed by atoms with E-state index in [4.69, 9.17) is 34.8 Å². The fourth-order valence-corrected chi connectivity index (χ4v) is 8.96. The van der Waals surface area contributed by atoms with Crippen LogP contribution in [0, 0.1) is 3.57 Å². The molecule has 1 fully saturated rings. The number of hydrogen-bond donors (Lipinski definition) is 1. The summed E-state index contributed by atoms with van der Waals surface area (Å²) in [5.74, 6) is 0.532. The maximum Gasteiger partial charge on any atom is 0.249 e. The highest BCUT2D eigenvalue weighted by atomic mass is 127. The molecule has 3 heterocycles. The third-order valence-corrected chi connectivity index (χ3v) is 14.0. The number of carbonyl (C=O) groups is 1. The van der Waals surface area contributed by atoms with Crippen LogP contribution in [-0.4, -0.2) is 99.0 Å². The molecule has 1 amide bonds. The van der Waals surface area contributed by atoms with Crippen LogP contribution in [0.3, 0.4) is 0 Å². The maximum atomic E-state index is 12.7. The van der Waals surface area contributed by atoms with Crippen molar-refractivity contribution in [3.05, 3.63) is 58.2 Å². The molecule has 0 radical (unpaired) electrons. The molecule has 0 saturated heterocycles. The van der Waals surface area contributed by atoms with E-state index in [1.54, 1.807) is 7.11 Å². The van der Waals surface area contributed by atoms with Gasteiger partial charge in [-0.2, -0.15) is 14.7 Å². The minimum absolute atomic E-state index is 0.0754. The highest BCUT2D eigenvalue weighted by molar-refractivity contribution is 14.1.